The standard InChI is InChI=1S/C10H18N2O5.C7H8O.C3H8/c1-10(2,3)17-9(15)12-5-7(13)11-6-8(14)16-4;1-6-3-2-4-7(8)5-6;1-3-2/h5-6H2,1-4H3,(H,11,13)(H,12,15);2-5,8H,1H3;3H2,1-2H3. The largest absolute Gasteiger partial charge is 0.508 e. The van der Waals surface area contributed by atoms with Gasteiger partial charge < -0.3 is 25.2 Å². The fourth-order valence-electron chi connectivity index (χ4n) is 1.40. The quantitative estimate of drug-likeness (QED) is 0.672. The van der Waals surface area contributed by atoms with Gasteiger partial charge in [0.25, 0.3) is 0 Å². The van der Waals surface area contributed by atoms with Crippen molar-refractivity contribution in [2.75, 3.05) is 20.2 Å². The predicted molar refractivity (Wildman–Crippen MR) is 108 cm³/mol. The summed E-state index contributed by atoms with van der Waals surface area (Å²) in [7, 11) is 1.22. The molecule has 1 aromatic carbocycles. The summed E-state index contributed by atoms with van der Waals surface area (Å²) < 4.78 is 9.24. The molecule has 0 saturated heterocycles. The molecule has 0 unspecified atom stereocenters. The minimum absolute atomic E-state index is 0.231. The molecular formula is C20H34N2O6. The molecule has 0 bridgehead atoms. The zero-order chi connectivity index (χ0) is 22.2. The molecule has 3 N–H and O–H groups in total. The van der Waals surface area contributed by atoms with Gasteiger partial charge in [0.05, 0.1) is 7.11 Å². The third-order valence-corrected chi connectivity index (χ3v) is 2.45. The number of alkyl carbamates (subject to hydrolysis) is 1. The van der Waals surface area contributed by atoms with Gasteiger partial charge in [-0.3, -0.25) is 9.59 Å². The van der Waals surface area contributed by atoms with Gasteiger partial charge in [0, 0.05) is 0 Å². The molecule has 0 heterocycles. The van der Waals surface area contributed by atoms with Crippen LogP contribution in [0.5, 0.6) is 5.75 Å². The number of carbonyl (C=O) groups is 3. The summed E-state index contributed by atoms with van der Waals surface area (Å²) in [5.41, 5.74) is 0.469. The third-order valence-electron chi connectivity index (χ3n) is 2.45. The highest BCUT2D eigenvalue weighted by Crippen LogP contribution is 2.08. The van der Waals surface area contributed by atoms with Crippen molar-refractivity contribution < 1.29 is 29.0 Å². The molecular weight excluding hydrogens is 364 g/mol. The summed E-state index contributed by atoms with van der Waals surface area (Å²) in [5.74, 6) is -0.720. The summed E-state index contributed by atoms with van der Waals surface area (Å²) in [5, 5.41) is 13.3. The van der Waals surface area contributed by atoms with Gasteiger partial charge >= 0.3 is 12.1 Å². The summed E-state index contributed by atoms with van der Waals surface area (Å²) in [4.78, 5) is 33.0. The smallest absolute Gasteiger partial charge is 0.408 e. The first-order valence-corrected chi connectivity index (χ1v) is 9.01. The van der Waals surface area contributed by atoms with E-state index in [1.54, 1.807) is 32.9 Å². The Morgan fingerprint density at radius 2 is 1.64 bits per heavy atom. The maximum Gasteiger partial charge on any atom is 0.408 e. The summed E-state index contributed by atoms with van der Waals surface area (Å²) in [6, 6.07) is 7.15. The van der Waals surface area contributed by atoms with Crippen molar-refractivity contribution in [3.63, 3.8) is 0 Å². The molecule has 0 fully saturated rings. The van der Waals surface area contributed by atoms with Gasteiger partial charge in [-0.1, -0.05) is 32.4 Å². The van der Waals surface area contributed by atoms with Gasteiger partial charge in [0.15, 0.2) is 0 Å². The molecule has 0 aliphatic rings. The highest BCUT2D eigenvalue weighted by molar-refractivity contribution is 5.85. The Labute approximate surface area is 167 Å². The van der Waals surface area contributed by atoms with Crippen LogP contribution in [0.15, 0.2) is 24.3 Å². The van der Waals surface area contributed by atoms with E-state index in [0.717, 1.165) is 5.56 Å². The Hall–Kier alpha value is -2.77. The molecule has 0 aliphatic heterocycles. The normalized spacial score (nSPS) is 9.54. The van der Waals surface area contributed by atoms with Gasteiger partial charge in [0.2, 0.25) is 5.91 Å². The number of esters is 1. The highest BCUT2D eigenvalue weighted by Gasteiger charge is 2.16. The number of benzene rings is 1. The van der Waals surface area contributed by atoms with E-state index in [1.165, 1.54) is 13.5 Å². The van der Waals surface area contributed by atoms with E-state index in [-0.39, 0.29) is 13.1 Å². The fraction of sp³-hybridized carbons (Fsp3) is 0.550. The monoisotopic (exact) mass is 398 g/mol. The van der Waals surface area contributed by atoms with Crippen molar-refractivity contribution in [3.05, 3.63) is 29.8 Å². The van der Waals surface area contributed by atoms with Crippen molar-refractivity contribution in [3.8, 4) is 5.75 Å². The van der Waals surface area contributed by atoms with Crippen LogP contribution in [0.3, 0.4) is 0 Å². The van der Waals surface area contributed by atoms with E-state index in [2.05, 4.69) is 29.2 Å². The van der Waals surface area contributed by atoms with Gasteiger partial charge in [-0.05, 0) is 45.4 Å². The first-order chi connectivity index (χ1) is 12.9. The molecule has 0 aromatic heterocycles. The molecule has 0 atom stereocenters. The maximum absolute atomic E-state index is 11.2. The minimum Gasteiger partial charge on any atom is -0.508 e. The second-order valence-corrected chi connectivity index (χ2v) is 6.75. The summed E-state index contributed by atoms with van der Waals surface area (Å²) >= 11 is 0. The second kappa shape index (κ2) is 15.3. The molecule has 1 aromatic rings. The van der Waals surface area contributed by atoms with E-state index < -0.39 is 23.6 Å². The van der Waals surface area contributed by atoms with Crippen LogP contribution in [-0.4, -0.2) is 48.9 Å². The number of aryl methyl sites for hydroxylation is 1. The number of hydrogen-bond donors (Lipinski definition) is 3. The second-order valence-electron chi connectivity index (χ2n) is 6.75. The van der Waals surface area contributed by atoms with E-state index in [0.29, 0.717) is 5.75 Å². The van der Waals surface area contributed by atoms with E-state index in [9.17, 15) is 14.4 Å². The average Bonchev–Trinajstić information content (AvgIpc) is 2.57. The van der Waals surface area contributed by atoms with Crippen molar-refractivity contribution in [2.24, 2.45) is 0 Å². The SMILES string of the molecule is CCC.COC(=O)CNC(=O)CNC(=O)OC(C)(C)C.Cc1cccc(O)c1. The number of phenolic OH excluding ortho intramolecular Hbond substituents is 1. The fourth-order valence-corrected chi connectivity index (χ4v) is 1.40. The molecule has 0 radical (unpaired) electrons. The lowest BCUT2D eigenvalue weighted by molar-refractivity contribution is -0.141. The maximum atomic E-state index is 11.2. The molecule has 28 heavy (non-hydrogen) atoms. The van der Waals surface area contributed by atoms with Crippen LogP contribution in [0.4, 0.5) is 4.79 Å². The van der Waals surface area contributed by atoms with Crippen LogP contribution in [-0.2, 0) is 19.1 Å². The minimum atomic E-state index is -0.689. The number of rotatable bonds is 4. The molecule has 0 aliphatic carbocycles. The molecule has 2 amide bonds. The zero-order valence-corrected chi connectivity index (χ0v) is 17.9. The van der Waals surface area contributed by atoms with Gasteiger partial charge in [-0.15, -0.1) is 0 Å². The van der Waals surface area contributed by atoms with E-state index >= 15 is 0 Å². The van der Waals surface area contributed by atoms with E-state index in [1.807, 2.05) is 19.1 Å². The van der Waals surface area contributed by atoms with Gasteiger partial charge in [0.1, 0.15) is 24.4 Å². The van der Waals surface area contributed by atoms with Crippen molar-refractivity contribution in [1.82, 2.24) is 10.6 Å². The van der Waals surface area contributed by atoms with Gasteiger partial charge in [-0.25, -0.2) is 4.79 Å². The lowest BCUT2D eigenvalue weighted by atomic mass is 10.2. The topological polar surface area (TPSA) is 114 Å². The molecule has 8 heteroatoms. The van der Waals surface area contributed by atoms with Crippen molar-refractivity contribution in [2.45, 2.75) is 53.6 Å². The number of hydrogen-bond acceptors (Lipinski definition) is 6. The first-order valence-electron chi connectivity index (χ1n) is 9.01. The Morgan fingerprint density at radius 3 is 2.04 bits per heavy atom. The number of aromatic hydroxyl groups is 1. The number of nitrogens with one attached hydrogen (secondary N) is 2. The first kappa shape index (κ1) is 27.4. The highest BCUT2D eigenvalue weighted by atomic mass is 16.6. The van der Waals surface area contributed by atoms with E-state index in [4.69, 9.17) is 9.84 Å². The Balaban J connectivity index is 0. The number of methoxy groups -OCH3 is 1. The van der Waals surface area contributed by atoms with Gasteiger partial charge in [-0.2, -0.15) is 0 Å². The van der Waals surface area contributed by atoms with Crippen LogP contribution < -0.4 is 10.6 Å². The molecule has 160 valence electrons. The molecule has 1 rings (SSSR count). The van der Waals surface area contributed by atoms with Crippen LogP contribution in [0.25, 0.3) is 0 Å². The van der Waals surface area contributed by atoms with Crippen molar-refractivity contribution >= 4 is 18.0 Å². The number of amides is 2. The van der Waals surface area contributed by atoms with Crippen LogP contribution in [0, 0.1) is 6.92 Å². The lowest BCUT2D eigenvalue weighted by Crippen LogP contribution is -2.41. The third kappa shape index (κ3) is 19.6. The average molecular weight is 399 g/mol. The zero-order valence-electron chi connectivity index (χ0n) is 17.9. The Morgan fingerprint density at radius 1 is 1.07 bits per heavy atom. The number of ether oxygens (including phenoxy) is 2. The summed E-state index contributed by atoms with van der Waals surface area (Å²) in [6.07, 6.45) is 0.561. The van der Waals surface area contributed by atoms with Crippen LogP contribution >= 0.6 is 0 Å². The molecule has 0 spiro atoms. The summed E-state index contributed by atoms with van der Waals surface area (Å²) in [6.45, 7) is 10.8. The Bertz CT molecular complexity index is 579. The number of phenols is 1. The predicted octanol–water partition coefficient (Wildman–Crippen LogP) is 2.92. The molecule has 8 nitrogen and oxygen atoms in total. The van der Waals surface area contributed by atoms with Crippen molar-refractivity contribution in [1.29, 1.82) is 0 Å². The van der Waals surface area contributed by atoms with Crippen LogP contribution in [0.1, 0.15) is 46.6 Å². The number of carbonyl (C=O) groups excluding carboxylic acids is 3. The lowest BCUT2D eigenvalue weighted by Gasteiger charge is -2.19. The molecule has 0 saturated carbocycles. The Kier molecular flexibility index (Phi) is 15.0. The van der Waals surface area contributed by atoms with Crippen LogP contribution in [0.2, 0.25) is 0 Å².